The summed E-state index contributed by atoms with van der Waals surface area (Å²) in [5.74, 6) is -1.37. The van der Waals surface area contributed by atoms with Crippen LogP contribution in [-0.4, -0.2) is 22.0 Å². The largest absolute Gasteiger partial charge is 0.415 e. The Bertz CT molecular complexity index is 193. The number of hydrogen-bond acceptors (Lipinski definition) is 6. The first-order chi connectivity index (χ1) is 5.91. The molecule has 0 aliphatic carbocycles. The summed E-state index contributed by atoms with van der Waals surface area (Å²) < 4.78 is 20.0. The first-order valence-corrected chi connectivity index (χ1v) is 4.41. The van der Waals surface area contributed by atoms with Crippen molar-refractivity contribution in [3.63, 3.8) is 0 Å². The third-order valence-corrected chi connectivity index (χ3v) is 1.57. The zero-order valence-corrected chi connectivity index (χ0v) is 8.54. The van der Waals surface area contributed by atoms with Crippen molar-refractivity contribution in [1.82, 2.24) is 0 Å². The van der Waals surface area contributed by atoms with Gasteiger partial charge in [-0.25, -0.2) is 0 Å². The van der Waals surface area contributed by atoms with E-state index < -0.39 is 22.0 Å². The van der Waals surface area contributed by atoms with Gasteiger partial charge in [-0.1, -0.05) is 0 Å². The fourth-order valence-corrected chi connectivity index (χ4v) is 1.17. The van der Waals surface area contributed by atoms with E-state index in [4.69, 9.17) is 0 Å². The number of carbonyl (C=O) groups is 2. The molecule has 0 unspecified atom stereocenters. The maximum atomic E-state index is 12.2. The smallest absolute Gasteiger partial charge is 0.306 e. The molecular formula is C6H7FO4S2. The molecule has 0 amide bonds. The number of thiocarbonyl (C=S) groups is 1. The number of esters is 2. The van der Waals surface area contributed by atoms with Crippen LogP contribution in [0.3, 0.4) is 0 Å². The summed E-state index contributed by atoms with van der Waals surface area (Å²) in [7, 11) is 0. The number of hydrogen-bond donors (Lipinski definition) is 0. The van der Waals surface area contributed by atoms with Gasteiger partial charge in [-0.15, -0.1) is 0 Å². The summed E-state index contributed by atoms with van der Waals surface area (Å²) in [4.78, 5) is 20.8. The molecule has 0 spiro atoms. The fourth-order valence-electron chi connectivity index (χ4n) is 0.419. The van der Waals surface area contributed by atoms with E-state index in [9.17, 15) is 14.0 Å². The molecule has 0 heterocycles. The average Bonchev–Trinajstić information content (AvgIpc) is 1.80. The van der Waals surface area contributed by atoms with Crippen molar-refractivity contribution in [1.29, 1.82) is 0 Å². The second-order valence-corrected chi connectivity index (χ2v) is 3.46. The Morgan fingerprint density at radius 3 is 1.92 bits per heavy atom. The third-order valence-electron chi connectivity index (χ3n) is 0.713. The van der Waals surface area contributed by atoms with Crippen LogP contribution in [0.1, 0.15) is 13.8 Å². The number of halogens is 1. The number of carbonyl (C=O) groups excluding carboxylic acids is 2. The maximum Gasteiger partial charge on any atom is 0.306 e. The van der Waals surface area contributed by atoms with Crippen LogP contribution in [-0.2, 0) is 19.1 Å². The molecule has 0 aromatic rings. The van der Waals surface area contributed by atoms with Crippen molar-refractivity contribution in [2.45, 2.75) is 19.5 Å². The van der Waals surface area contributed by atoms with Gasteiger partial charge in [0, 0.05) is 25.6 Å². The molecule has 7 heteroatoms. The molecule has 0 aliphatic heterocycles. The Balaban J connectivity index is 4.10. The molecular weight excluding hydrogens is 219 g/mol. The van der Waals surface area contributed by atoms with Crippen LogP contribution in [0.2, 0.25) is 0 Å². The minimum atomic E-state index is -1.34. The second kappa shape index (κ2) is 5.87. The van der Waals surface area contributed by atoms with Crippen molar-refractivity contribution in [3.05, 3.63) is 0 Å². The van der Waals surface area contributed by atoms with Gasteiger partial charge in [-0.2, -0.15) is 4.39 Å². The lowest BCUT2D eigenvalue weighted by molar-refractivity contribution is -0.169. The van der Waals surface area contributed by atoms with Gasteiger partial charge in [0.25, 0.3) is 0 Å². The Morgan fingerprint density at radius 1 is 1.31 bits per heavy atom. The van der Waals surface area contributed by atoms with Gasteiger partial charge in [0.2, 0.25) is 4.45 Å². The second-order valence-electron chi connectivity index (χ2n) is 1.86. The SMILES string of the molecule is CC(=O)OC(OC(C)=O)SC(F)=S. The van der Waals surface area contributed by atoms with Crippen LogP contribution >= 0.6 is 24.0 Å². The zero-order chi connectivity index (χ0) is 10.4. The van der Waals surface area contributed by atoms with Gasteiger partial charge in [0.1, 0.15) is 0 Å². The normalized spacial score (nSPS) is 9.54. The Morgan fingerprint density at radius 2 is 1.69 bits per heavy atom. The standard InChI is InChI=1S/C6H7FO4S2/c1-3(8)10-6(11-4(2)9)13-5(7)12/h6H,1-2H3. The highest BCUT2D eigenvalue weighted by molar-refractivity contribution is 8.22. The molecule has 0 saturated heterocycles. The van der Waals surface area contributed by atoms with Crippen LogP contribution in [0.25, 0.3) is 0 Å². The monoisotopic (exact) mass is 226 g/mol. The molecule has 13 heavy (non-hydrogen) atoms. The van der Waals surface area contributed by atoms with Gasteiger partial charge in [-0.3, -0.25) is 9.59 Å². The zero-order valence-electron chi connectivity index (χ0n) is 6.90. The molecule has 0 aliphatic rings. The lowest BCUT2D eigenvalue weighted by Crippen LogP contribution is -2.19. The lowest BCUT2D eigenvalue weighted by Gasteiger charge is -2.13. The Kier molecular flexibility index (Phi) is 5.56. The number of ether oxygens (including phenoxy) is 2. The summed E-state index contributed by atoms with van der Waals surface area (Å²) in [6.45, 7) is 2.22. The molecule has 0 saturated carbocycles. The van der Waals surface area contributed by atoms with Crippen LogP contribution < -0.4 is 0 Å². The summed E-state index contributed by atoms with van der Waals surface area (Å²) in [5, 5.41) is 0. The van der Waals surface area contributed by atoms with Crippen molar-refractivity contribution >= 4 is 40.4 Å². The van der Waals surface area contributed by atoms with E-state index in [1.165, 1.54) is 0 Å². The first-order valence-electron chi connectivity index (χ1n) is 3.12. The van der Waals surface area contributed by atoms with Crippen molar-refractivity contribution in [2.24, 2.45) is 0 Å². The van der Waals surface area contributed by atoms with E-state index in [-0.39, 0.29) is 0 Å². The van der Waals surface area contributed by atoms with Crippen molar-refractivity contribution in [3.8, 4) is 0 Å². The molecule has 0 radical (unpaired) electrons. The maximum absolute atomic E-state index is 12.2. The van der Waals surface area contributed by atoms with Gasteiger partial charge in [0.15, 0.2) is 0 Å². The predicted octanol–water partition coefficient (Wildman–Crippen LogP) is 1.38. The molecule has 0 N–H and O–H groups in total. The number of thioether (sulfide) groups is 1. The number of rotatable bonds is 3. The Labute approximate surface area is 83.8 Å². The average molecular weight is 226 g/mol. The highest BCUT2D eigenvalue weighted by Crippen LogP contribution is 2.17. The summed E-state index contributed by atoms with van der Waals surface area (Å²) in [6.07, 6.45) is 0. The summed E-state index contributed by atoms with van der Waals surface area (Å²) in [5.41, 5.74) is -1.34. The lowest BCUT2D eigenvalue weighted by atomic mass is 10.8. The van der Waals surface area contributed by atoms with Gasteiger partial charge >= 0.3 is 17.6 Å². The molecule has 74 valence electrons. The fraction of sp³-hybridized carbons (Fsp3) is 0.500. The van der Waals surface area contributed by atoms with Gasteiger partial charge in [0.05, 0.1) is 0 Å². The third kappa shape index (κ3) is 7.66. The molecule has 4 nitrogen and oxygen atoms in total. The summed E-state index contributed by atoms with van der Waals surface area (Å²) in [6, 6.07) is 0. The van der Waals surface area contributed by atoms with Crippen LogP contribution in [0, 0.1) is 0 Å². The van der Waals surface area contributed by atoms with Gasteiger partial charge in [-0.05, 0) is 12.2 Å². The van der Waals surface area contributed by atoms with E-state index in [1.807, 2.05) is 0 Å². The molecule has 0 atom stereocenters. The predicted molar refractivity (Wildman–Crippen MR) is 48.6 cm³/mol. The van der Waals surface area contributed by atoms with Crippen LogP contribution in [0.15, 0.2) is 0 Å². The quantitative estimate of drug-likeness (QED) is 0.313. The molecule has 0 bridgehead atoms. The Hall–Kier alpha value is -0.690. The topological polar surface area (TPSA) is 52.6 Å². The van der Waals surface area contributed by atoms with Crippen LogP contribution in [0.4, 0.5) is 4.39 Å². The van der Waals surface area contributed by atoms with E-state index in [0.29, 0.717) is 11.8 Å². The van der Waals surface area contributed by atoms with E-state index >= 15 is 0 Å². The summed E-state index contributed by atoms with van der Waals surface area (Å²) >= 11 is 4.43. The molecule has 0 aromatic heterocycles. The van der Waals surface area contributed by atoms with Crippen molar-refractivity contribution < 1.29 is 23.5 Å². The molecule has 0 fully saturated rings. The van der Waals surface area contributed by atoms with E-state index in [1.54, 1.807) is 0 Å². The van der Waals surface area contributed by atoms with Crippen LogP contribution in [0.5, 0.6) is 0 Å². The van der Waals surface area contributed by atoms with E-state index in [2.05, 4.69) is 21.7 Å². The molecule has 0 rings (SSSR count). The highest BCUT2D eigenvalue weighted by atomic mass is 32.2. The van der Waals surface area contributed by atoms with E-state index in [0.717, 1.165) is 13.8 Å². The minimum Gasteiger partial charge on any atom is -0.415 e. The first kappa shape index (κ1) is 12.3. The van der Waals surface area contributed by atoms with Gasteiger partial charge < -0.3 is 9.47 Å². The van der Waals surface area contributed by atoms with Crippen molar-refractivity contribution in [2.75, 3.05) is 0 Å². The molecule has 0 aromatic carbocycles. The minimum absolute atomic E-state index is 0.335. The highest BCUT2D eigenvalue weighted by Gasteiger charge is 2.18.